The van der Waals surface area contributed by atoms with Gasteiger partial charge >= 0.3 is 0 Å². The Kier molecular flexibility index (Phi) is 2.51. The molecule has 0 unspecified atom stereocenters. The van der Waals surface area contributed by atoms with Crippen LogP contribution in [0.1, 0.15) is 12.8 Å². The molecule has 13 heavy (non-hydrogen) atoms. The first kappa shape index (κ1) is 8.97. The van der Waals surface area contributed by atoms with Crippen LogP contribution in [-0.4, -0.2) is 49.7 Å². The zero-order valence-corrected chi connectivity index (χ0v) is 7.95. The highest BCUT2D eigenvalue weighted by molar-refractivity contribution is 5.77. The van der Waals surface area contributed by atoms with Crippen LogP contribution in [-0.2, 0) is 9.53 Å². The van der Waals surface area contributed by atoms with Crippen LogP contribution in [0.3, 0.4) is 0 Å². The summed E-state index contributed by atoms with van der Waals surface area (Å²) in [7, 11) is 1.86. The van der Waals surface area contributed by atoms with Gasteiger partial charge in [0.15, 0.2) is 0 Å². The lowest BCUT2D eigenvalue weighted by atomic mass is 10.2. The summed E-state index contributed by atoms with van der Waals surface area (Å²) in [6, 6.07) is 0.496. The van der Waals surface area contributed by atoms with Gasteiger partial charge in [-0.05, 0) is 12.8 Å². The Morgan fingerprint density at radius 3 is 2.69 bits per heavy atom. The van der Waals surface area contributed by atoms with E-state index in [9.17, 15) is 4.79 Å². The van der Waals surface area contributed by atoms with E-state index in [1.807, 2.05) is 11.9 Å². The lowest BCUT2D eigenvalue weighted by molar-refractivity contribution is -0.138. The minimum Gasteiger partial charge on any atom is -0.366 e. The zero-order chi connectivity index (χ0) is 9.26. The van der Waals surface area contributed by atoms with E-state index in [4.69, 9.17) is 4.74 Å². The molecule has 0 radical (unpaired) electrons. The van der Waals surface area contributed by atoms with Crippen molar-refractivity contribution in [3.05, 3.63) is 0 Å². The fourth-order valence-electron chi connectivity index (χ4n) is 1.34. The zero-order valence-electron chi connectivity index (χ0n) is 7.95. The molecule has 1 heterocycles. The van der Waals surface area contributed by atoms with Crippen molar-refractivity contribution in [2.45, 2.75) is 25.0 Å². The van der Waals surface area contributed by atoms with Gasteiger partial charge in [0, 0.05) is 26.2 Å². The van der Waals surface area contributed by atoms with E-state index in [0.717, 1.165) is 25.9 Å². The summed E-state index contributed by atoms with van der Waals surface area (Å²) in [5, 5.41) is 3.10. The fourth-order valence-corrected chi connectivity index (χ4v) is 1.34. The number of amides is 1. The molecule has 1 saturated carbocycles. The van der Waals surface area contributed by atoms with Gasteiger partial charge in [0.05, 0.1) is 6.10 Å². The lowest BCUT2D eigenvalue weighted by Crippen LogP contribution is -2.49. The van der Waals surface area contributed by atoms with E-state index in [2.05, 4.69) is 5.32 Å². The molecule has 0 aromatic heterocycles. The Bertz CT molecular complexity index is 200. The second-order valence-corrected chi connectivity index (χ2v) is 3.83. The third-order valence-corrected chi connectivity index (χ3v) is 2.67. The molecule has 4 nitrogen and oxygen atoms in total. The fraction of sp³-hybridized carbons (Fsp3) is 0.889. The van der Waals surface area contributed by atoms with Gasteiger partial charge in [-0.3, -0.25) is 4.79 Å². The first-order valence-corrected chi connectivity index (χ1v) is 4.85. The second-order valence-electron chi connectivity index (χ2n) is 3.83. The van der Waals surface area contributed by atoms with E-state index in [1.165, 1.54) is 0 Å². The highest BCUT2D eigenvalue weighted by Crippen LogP contribution is 2.25. The average Bonchev–Trinajstić information content (AvgIpc) is 2.82. The second kappa shape index (κ2) is 3.64. The molecule has 0 bridgehead atoms. The molecule has 1 aliphatic heterocycles. The van der Waals surface area contributed by atoms with Gasteiger partial charge in [-0.2, -0.15) is 0 Å². The summed E-state index contributed by atoms with van der Waals surface area (Å²) in [5.74, 6) is 0.120. The first-order chi connectivity index (χ1) is 6.27. The Hall–Kier alpha value is -0.610. The van der Waals surface area contributed by atoms with Crippen molar-refractivity contribution in [2.75, 3.05) is 26.7 Å². The molecule has 0 spiro atoms. The number of carbonyl (C=O) groups is 1. The summed E-state index contributed by atoms with van der Waals surface area (Å²) >= 11 is 0. The third kappa shape index (κ3) is 2.19. The van der Waals surface area contributed by atoms with Crippen LogP contribution in [0.5, 0.6) is 0 Å². The van der Waals surface area contributed by atoms with E-state index >= 15 is 0 Å². The van der Waals surface area contributed by atoms with Crippen molar-refractivity contribution in [1.82, 2.24) is 10.2 Å². The standard InChI is InChI=1S/C9H16N2O2/c1-11(7-2-3-7)9(12)6-13-8-4-10-5-8/h7-8,10H,2-6H2,1H3. The molecular formula is C9H16N2O2. The van der Waals surface area contributed by atoms with Gasteiger partial charge in [-0.25, -0.2) is 0 Å². The molecular weight excluding hydrogens is 168 g/mol. The summed E-state index contributed by atoms with van der Waals surface area (Å²) in [5.41, 5.74) is 0. The smallest absolute Gasteiger partial charge is 0.248 e. The molecule has 2 aliphatic rings. The maximum Gasteiger partial charge on any atom is 0.248 e. The van der Waals surface area contributed by atoms with Crippen LogP contribution in [0.4, 0.5) is 0 Å². The van der Waals surface area contributed by atoms with E-state index < -0.39 is 0 Å². The van der Waals surface area contributed by atoms with Crippen molar-refractivity contribution in [3.63, 3.8) is 0 Å². The van der Waals surface area contributed by atoms with Crippen molar-refractivity contribution in [1.29, 1.82) is 0 Å². The number of rotatable bonds is 4. The predicted molar refractivity (Wildman–Crippen MR) is 48.4 cm³/mol. The molecule has 0 atom stereocenters. The topological polar surface area (TPSA) is 41.6 Å². The Balaban J connectivity index is 1.64. The maximum absolute atomic E-state index is 11.4. The molecule has 1 amide bonds. The largest absolute Gasteiger partial charge is 0.366 e. The number of likely N-dealkylation sites (N-methyl/N-ethyl adjacent to an activating group) is 1. The lowest BCUT2D eigenvalue weighted by Gasteiger charge is -2.27. The van der Waals surface area contributed by atoms with Crippen molar-refractivity contribution < 1.29 is 9.53 Å². The Morgan fingerprint density at radius 1 is 1.54 bits per heavy atom. The number of hydrogen-bond acceptors (Lipinski definition) is 3. The molecule has 1 aliphatic carbocycles. The van der Waals surface area contributed by atoms with Gasteiger partial charge in [0.1, 0.15) is 6.61 Å². The normalized spacial score (nSPS) is 22.5. The van der Waals surface area contributed by atoms with Gasteiger partial charge in [0.2, 0.25) is 5.91 Å². The monoisotopic (exact) mass is 184 g/mol. The van der Waals surface area contributed by atoms with Crippen LogP contribution in [0.2, 0.25) is 0 Å². The van der Waals surface area contributed by atoms with Crippen LogP contribution in [0.15, 0.2) is 0 Å². The number of carbonyl (C=O) groups excluding carboxylic acids is 1. The Morgan fingerprint density at radius 2 is 2.23 bits per heavy atom. The first-order valence-electron chi connectivity index (χ1n) is 4.85. The van der Waals surface area contributed by atoms with Crippen LogP contribution in [0.25, 0.3) is 0 Å². The van der Waals surface area contributed by atoms with Crippen LogP contribution in [0, 0.1) is 0 Å². The van der Waals surface area contributed by atoms with E-state index in [0.29, 0.717) is 6.04 Å². The molecule has 1 saturated heterocycles. The number of ether oxygens (including phenoxy) is 1. The highest BCUT2D eigenvalue weighted by atomic mass is 16.5. The van der Waals surface area contributed by atoms with Crippen LogP contribution >= 0.6 is 0 Å². The Labute approximate surface area is 78.2 Å². The third-order valence-electron chi connectivity index (χ3n) is 2.67. The molecule has 2 rings (SSSR count). The molecule has 0 aromatic carbocycles. The maximum atomic E-state index is 11.4. The molecule has 2 fully saturated rings. The van der Waals surface area contributed by atoms with Gasteiger partial charge in [-0.1, -0.05) is 0 Å². The minimum absolute atomic E-state index is 0.120. The number of nitrogens with zero attached hydrogens (tertiary/aromatic N) is 1. The van der Waals surface area contributed by atoms with Gasteiger partial charge < -0.3 is 15.0 Å². The van der Waals surface area contributed by atoms with Crippen molar-refractivity contribution in [2.24, 2.45) is 0 Å². The minimum atomic E-state index is 0.120. The van der Waals surface area contributed by atoms with E-state index in [-0.39, 0.29) is 18.6 Å². The summed E-state index contributed by atoms with van der Waals surface area (Å²) in [6.45, 7) is 2.03. The number of nitrogens with one attached hydrogen (secondary N) is 1. The average molecular weight is 184 g/mol. The number of hydrogen-bond donors (Lipinski definition) is 1. The summed E-state index contributed by atoms with van der Waals surface area (Å²) in [4.78, 5) is 13.3. The molecule has 74 valence electrons. The molecule has 1 N–H and O–H groups in total. The van der Waals surface area contributed by atoms with Crippen LogP contribution < -0.4 is 5.32 Å². The predicted octanol–water partition coefficient (Wildman–Crippen LogP) is -0.404. The SMILES string of the molecule is CN(C(=O)COC1CNC1)C1CC1. The quantitative estimate of drug-likeness (QED) is 0.646. The van der Waals surface area contributed by atoms with Crippen molar-refractivity contribution in [3.8, 4) is 0 Å². The molecule has 0 aromatic rings. The van der Waals surface area contributed by atoms with E-state index in [1.54, 1.807) is 0 Å². The summed E-state index contributed by atoms with van der Waals surface area (Å²) in [6.07, 6.45) is 2.58. The van der Waals surface area contributed by atoms with Gasteiger partial charge in [-0.15, -0.1) is 0 Å². The molecule has 4 heteroatoms. The highest BCUT2D eigenvalue weighted by Gasteiger charge is 2.30. The summed E-state index contributed by atoms with van der Waals surface area (Å²) < 4.78 is 5.39. The van der Waals surface area contributed by atoms with Gasteiger partial charge in [0.25, 0.3) is 0 Å². The van der Waals surface area contributed by atoms with Crippen molar-refractivity contribution >= 4 is 5.91 Å².